The lowest BCUT2D eigenvalue weighted by molar-refractivity contribution is 0.392. The minimum absolute atomic E-state index is 0.0532. The van der Waals surface area contributed by atoms with Gasteiger partial charge in [0, 0.05) is 45.3 Å². The molecule has 0 saturated heterocycles. The molecule has 1 aliphatic carbocycles. The average Bonchev–Trinajstić information content (AvgIpc) is 3.58. The van der Waals surface area contributed by atoms with Gasteiger partial charge < -0.3 is 9.80 Å². The Morgan fingerprint density at radius 3 is 2.40 bits per heavy atom. The molecule has 0 bridgehead atoms. The van der Waals surface area contributed by atoms with Crippen LogP contribution in [0.4, 0.5) is 28.4 Å². The summed E-state index contributed by atoms with van der Waals surface area (Å²) >= 11 is 2.09. The minimum Gasteiger partial charge on any atom is -0.314 e. The first kappa shape index (κ1) is 31.0. The number of aryl methyl sites for hydroxylation is 3. The molecule has 0 spiro atoms. The van der Waals surface area contributed by atoms with Crippen LogP contribution in [0.25, 0.3) is 0 Å². The van der Waals surface area contributed by atoms with Gasteiger partial charge in [-0.2, -0.15) is 0 Å². The molecule has 9 rings (SSSR count). The summed E-state index contributed by atoms with van der Waals surface area (Å²) < 4.78 is 5.20. The Balaban J connectivity index is 1.37. The molecule has 0 amide bonds. The summed E-state index contributed by atoms with van der Waals surface area (Å²) in [7, 11) is 0. The van der Waals surface area contributed by atoms with Gasteiger partial charge in [-0.1, -0.05) is 91.8 Å². The monoisotopic (exact) mass is 758 g/mol. The molecule has 4 heterocycles. The molecule has 0 fully saturated rings. The number of thioether (sulfide) groups is 1. The summed E-state index contributed by atoms with van der Waals surface area (Å²) in [5.41, 5.74) is 20.0. The van der Waals surface area contributed by atoms with Crippen molar-refractivity contribution in [2.45, 2.75) is 78.9 Å². The first-order chi connectivity index (χ1) is 22.9. The standard InChI is InChI=1S/C43H44BIN2S/c1-25-18-36-39-37(19-25)47(34-11-9-10-28-22-43(7,8)23-31(28)34)40-32-24-45-17-16-38(32)48-41(40)44(39)33-15-13-29(42(4,5)6)21-35(33)46(36)30-14-12-26(2)27(3)20-30/h9-21,24,32,38H,22-23H2,1-8H3/t32?,38-/m0/s1. The molecule has 5 aliphatic rings. The number of benzene rings is 4. The average molecular weight is 759 g/mol. The second-order valence-corrected chi connectivity index (χ2v) is 19.9. The SMILES string of the molecule is Cc1cc2c3c(c1)N(c1ccc(C)c(C)c1)c1cc(C(C)(C)C)ccc1B3C1=C(C3C=IC=C[C@@H]3S1)N2c1cccc2c1CC(C)(C)C2. The number of halogens is 1. The third-order valence-electron chi connectivity index (χ3n) is 11.3. The van der Waals surface area contributed by atoms with E-state index in [1.165, 1.54) is 67.2 Å². The largest absolute Gasteiger partial charge is 0.314 e. The van der Waals surface area contributed by atoms with E-state index in [4.69, 9.17) is 0 Å². The third-order valence-corrected chi connectivity index (χ3v) is 14.7. The molecule has 2 nitrogen and oxygen atoms in total. The first-order valence-corrected chi connectivity index (χ1v) is 20.9. The molecule has 0 saturated carbocycles. The van der Waals surface area contributed by atoms with Crippen molar-refractivity contribution in [2.24, 2.45) is 11.3 Å². The molecule has 48 heavy (non-hydrogen) atoms. The van der Waals surface area contributed by atoms with Crippen molar-refractivity contribution < 1.29 is 0 Å². The molecule has 1 unspecified atom stereocenters. The predicted octanol–water partition coefficient (Wildman–Crippen LogP) is 10.4. The van der Waals surface area contributed by atoms with E-state index in [1.54, 1.807) is 16.1 Å². The predicted molar refractivity (Wildman–Crippen MR) is 220 cm³/mol. The van der Waals surface area contributed by atoms with Gasteiger partial charge in [-0.05, 0) is 138 Å². The van der Waals surface area contributed by atoms with Crippen molar-refractivity contribution in [1.29, 1.82) is 0 Å². The van der Waals surface area contributed by atoms with Crippen molar-refractivity contribution in [3.8, 4) is 0 Å². The van der Waals surface area contributed by atoms with E-state index in [-0.39, 0.29) is 38.3 Å². The van der Waals surface area contributed by atoms with Gasteiger partial charge in [0.2, 0.25) is 0 Å². The first-order valence-electron chi connectivity index (χ1n) is 17.5. The lowest BCUT2D eigenvalue weighted by atomic mass is 9.36. The van der Waals surface area contributed by atoms with Crippen LogP contribution in [-0.2, 0) is 18.3 Å². The summed E-state index contributed by atoms with van der Waals surface area (Å²) in [6.07, 6.45) is 4.82. The van der Waals surface area contributed by atoms with E-state index >= 15 is 0 Å². The third kappa shape index (κ3) is 4.62. The van der Waals surface area contributed by atoms with Gasteiger partial charge in [-0.3, -0.25) is 0 Å². The molecule has 0 N–H and O–H groups in total. The van der Waals surface area contributed by atoms with Gasteiger partial charge in [0.25, 0.3) is 6.71 Å². The highest BCUT2D eigenvalue weighted by Gasteiger charge is 2.51. The van der Waals surface area contributed by atoms with Crippen LogP contribution >= 0.6 is 32.5 Å². The molecule has 4 aromatic rings. The van der Waals surface area contributed by atoms with Gasteiger partial charge in [0.1, 0.15) is 0 Å². The maximum absolute atomic E-state index is 2.77. The number of allylic oxidation sites excluding steroid dienone is 1. The lowest BCUT2D eigenvalue weighted by Gasteiger charge is -2.45. The minimum atomic E-state index is -0.0533. The number of anilines is 5. The molecule has 4 aliphatic heterocycles. The Morgan fingerprint density at radius 2 is 1.62 bits per heavy atom. The van der Waals surface area contributed by atoms with Crippen LogP contribution in [0, 0.1) is 32.1 Å². The Hall–Kier alpha value is -3.03. The van der Waals surface area contributed by atoms with Crippen LogP contribution in [0.15, 0.2) is 87.4 Å². The second-order valence-electron chi connectivity index (χ2n) is 16.5. The van der Waals surface area contributed by atoms with Crippen molar-refractivity contribution in [1.82, 2.24) is 0 Å². The summed E-state index contributed by atoms with van der Waals surface area (Å²) in [6.45, 7) is 18.9. The van der Waals surface area contributed by atoms with Crippen LogP contribution in [-0.4, -0.2) is 16.0 Å². The maximum Gasteiger partial charge on any atom is 0.259 e. The van der Waals surface area contributed by atoms with E-state index in [2.05, 4.69) is 158 Å². The second kappa shape index (κ2) is 10.7. The normalized spacial score (nSPS) is 21.5. The number of nitrogens with zero attached hydrogens (tertiary/aromatic N) is 2. The Morgan fingerprint density at radius 1 is 0.833 bits per heavy atom. The van der Waals surface area contributed by atoms with Crippen molar-refractivity contribution in [3.05, 3.63) is 121 Å². The van der Waals surface area contributed by atoms with Gasteiger partial charge in [0.15, 0.2) is 0 Å². The van der Waals surface area contributed by atoms with Crippen LogP contribution < -0.4 is 20.7 Å². The number of hydrogen-bond acceptors (Lipinski definition) is 3. The fraction of sp³-hybridized carbons (Fsp3) is 0.326. The Bertz CT molecular complexity index is 2150. The van der Waals surface area contributed by atoms with E-state index in [9.17, 15) is 0 Å². The Kier molecular flexibility index (Phi) is 6.93. The smallest absolute Gasteiger partial charge is 0.259 e. The van der Waals surface area contributed by atoms with Crippen LogP contribution in [0.1, 0.15) is 68.0 Å². The van der Waals surface area contributed by atoms with Crippen LogP contribution in [0.2, 0.25) is 0 Å². The summed E-state index contributed by atoms with van der Waals surface area (Å²) in [5, 5.41) is 0.466. The zero-order chi connectivity index (χ0) is 33.3. The molecule has 5 heteroatoms. The van der Waals surface area contributed by atoms with E-state index in [1.807, 2.05) is 0 Å². The quantitative estimate of drug-likeness (QED) is 0.149. The zero-order valence-electron chi connectivity index (χ0n) is 29.4. The van der Waals surface area contributed by atoms with E-state index in [0.29, 0.717) is 11.2 Å². The fourth-order valence-corrected chi connectivity index (χ4v) is 13.1. The number of fused-ring (bicyclic) bond motifs is 6. The molecule has 2 atom stereocenters. The fourth-order valence-electron chi connectivity index (χ4n) is 8.82. The lowest BCUT2D eigenvalue weighted by Crippen LogP contribution is -2.55. The maximum atomic E-state index is 2.77. The van der Waals surface area contributed by atoms with Crippen molar-refractivity contribution in [2.75, 3.05) is 9.80 Å². The van der Waals surface area contributed by atoms with Crippen molar-refractivity contribution >= 4 is 82.6 Å². The number of rotatable bonds is 2. The van der Waals surface area contributed by atoms with Crippen LogP contribution in [0.5, 0.6) is 0 Å². The highest BCUT2D eigenvalue weighted by Crippen LogP contribution is 2.56. The topological polar surface area (TPSA) is 6.48 Å². The van der Waals surface area contributed by atoms with Gasteiger partial charge in [-0.25, -0.2) is 0 Å². The zero-order valence-corrected chi connectivity index (χ0v) is 32.4. The summed E-state index contributed by atoms with van der Waals surface area (Å²) in [6, 6.07) is 26.6. The van der Waals surface area contributed by atoms with Gasteiger partial charge in [0.05, 0.1) is 0 Å². The highest BCUT2D eigenvalue weighted by molar-refractivity contribution is 14.2. The number of hydrogen-bond donors (Lipinski definition) is 0. The Labute approximate surface area is 301 Å². The van der Waals surface area contributed by atoms with E-state index in [0.717, 1.165) is 12.8 Å². The van der Waals surface area contributed by atoms with Crippen LogP contribution in [0.3, 0.4) is 0 Å². The molecular formula is C43H44BIN2S. The van der Waals surface area contributed by atoms with E-state index < -0.39 is 0 Å². The molecule has 4 aromatic carbocycles. The highest BCUT2D eigenvalue weighted by atomic mass is 127. The molecule has 0 radical (unpaired) electrons. The van der Waals surface area contributed by atoms with Crippen molar-refractivity contribution in [3.63, 3.8) is 0 Å². The summed E-state index contributed by atoms with van der Waals surface area (Å²) in [5.74, 6) is 0.445. The summed E-state index contributed by atoms with van der Waals surface area (Å²) in [4.78, 5) is 6.93. The molecule has 242 valence electrons. The molecular weight excluding hydrogens is 714 g/mol. The van der Waals surface area contributed by atoms with Gasteiger partial charge in [-0.15, -0.1) is 11.8 Å². The molecule has 0 aromatic heterocycles. The van der Waals surface area contributed by atoms with Gasteiger partial charge >= 0.3 is 0 Å².